The Labute approximate surface area is 147 Å². The lowest BCUT2D eigenvalue weighted by atomic mass is 9.89. The molecule has 25 heavy (non-hydrogen) atoms. The van der Waals surface area contributed by atoms with Crippen LogP contribution in [-0.2, 0) is 11.3 Å². The Kier molecular flexibility index (Phi) is 5.15. The van der Waals surface area contributed by atoms with Crippen LogP contribution in [-0.4, -0.2) is 68.6 Å². The lowest BCUT2D eigenvalue weighted by molar-refractivity contribution is -0.136. The maximum atomic E-state index is 12.0. The van der Waals surface area contributed by atoms with Crippen LogP contribution in [0.15, 0.2) is 36.5 Å². The first kappa shape index (κ1) is 17.6. The number of carbonyl (C=O) groups is 1. The summed E-state index contributed by atoms with van der Waals surface area (Å²) in [5.74, 6) is -0.0422. The molecule has 0 bridgehead atoms. The first-order valence-electron chi connectivity index (χ1n) is 8.57. The molecule has 1 atom stereocenters. The van der Waals surface area contributed by atoms with Crippen LogP contribution in [0.2, 0.25) is 0 Å². The second-order valence-corrected chi connectivity index (χ2v) is 6.96. The summed E-state index contributed by atoms with van der Waals surface area (Å²) in [6.07, 6.45) is 3.43. The van der Waals surface area contributed by atoms with Crippen LogP contribution in [0.25, 0.3) is 5.69 Å². The highest BCUT2D eigenvalue weighted by Crippen LogP contribution is 2.26. The Morgan fingerprint density at radius 3 is 2.80 bits per heavy atom. The highest BCUT2D eigenvalue weighted by molar-refractivity contribution is 5.76. The van der Waals surface area contributed by atoms with E-state index in [1.807, 2.05) is 30.3 Å². The third kappa shape index (κ3) is 4.43. The summed E-state index contributed by atoms with van der Waals surface area (Å²) in [4.78, 5) is 17.3. The van der Waals surface area contributed by atoms with Gasteiger partial charge < -0.3 is 10.0 Å². The molecule has 0 radical (unpaired) electrons. The van der Waals surface area contributed by atoms with Crippen molar-refractivity contribution in [1.29, 1.82) is 0 Å². The third-order valence-electron chi connectivity index (χ3n) is 4.53. The van der Waals surface area contributed by atoms with Crippen molar-refractivity contribution in [2.45, 2.75) is 31.4 Å². The number of benzene rings is 1. The number of hydrogen-bond donors (Lipinski definition) is 1. The van der Waals surface area contributed by atoms with Gasteiger partial charge in [0, 0.05) is 27.2 Å². The first-order valence-corrected chi connectivity index (χ1v) is 8.57. The molecule has 1 aromatic carbocycles. The van der Waals surface area contributed by atoms with E-state index >= 15 is 0 Å². The normalized spacial score (nSPS) is 21.2. The number of likely N-dealkylation sites (tertiary alicyclic amines) is 1. The summed E-state index contributed by atoms with van der Waals surface area (Å²) in [7, 11) is 3.43. The predicted molar refractivity (Wildman–Crippen MR) is 94.1 cm³/mol. The van der Waals surface area contributed by atoms with Gasteiger partial charge in [-0.1, -0.05) is 18.2 Å². The third-order valence-corrected chi connectivity index (χ3v) is 4.53. The van der Waals surface area contributed by atoms with Gasteiger partial charge >= 0.3 is 0 Å². The van der Waals surface area contributed by atoms with Crippen molar-refractivity contribution >= 4 is 5.91 Å². The average Bonchev–Trinajstić information content (AvgIpc) is 3.03. The smallest absolute Gasteiger partial charge is 0.224 e. The van der Waals surface area contributed by atoms with Gasteiger partial charge in [0.2, 0.25) is 5.91 Å². The number of hydrogen-bond acceptors (Lipinski definition) is 5. The summed E-state index contributed by atoms with van der Waals surface area (Å²) in [6, 6.07) is 9.76. The molecule has 2 heterocycles. The van der Waals surface area contributed by atoms with Crippen LogP contribution >= 0.6 is 0 Å². The summed E-state index contributed by atoms with van der Waals surface area (Å²) < 4.78 is 0. The van der Waals surface area contributed by atoms with Crippen molar-refractivity contribution < 1.29 is 9.90 Å². The molecule has 1 unspecified atom stereocenters. The Hall–Kier alpha value is -2.25. The number of amides is 1. The van der Waals surface area contributed by atoms with E-state index < -0.39 is 5.60 Å². The maximum Gasteiger partial charge on any atom is 0.224 e. The van der Waals surface area contributed by atoms with Gasteiger partial charge in [0.15, 0.2) is 0 Å². The summed E-state index contributed by atoms with van der Waals surface area (Å²) in [5.41, 5.74) is 0.808. The molecule has 1 aromatic heterocycles. The molecule has 1 saturated heterocycles. The number of aliphatic hydroxyl groups is 1. The highest BCUT2D eigenvalue weighted by atomic mass is 16.3. The topological polar surface area (TPSA) is 74.5 Å². The van der Waals surface area contributed by atoms with Crippen LogP contribution in [0, 0.1) is 0 Å². The van der Waals surface area contributed by atoms with Crippen LogP contribution in [0.5, 0.6) is 0 Å². The quantitative estimate of drug-likeness (QED) is 0.879. The SMILES string of the molecule is CN(C)C(=O)CC1(O)CCCN(Cc2cnn(-c3ccccc3)n2)C1. The van der Waals surface area contributed by atoms with E-state index in [4.69, 9.17) is 0 Å². The van der Waals surface area contributed by atoms with E-state index in [-0.39, 0.29) is 12.3 Å². The molecule has 7 nitrogen and oxygen atoms in total. The zero-order valence-corrected chi connectivity index (χ0v) is 14.8. The zero-order chi connectivity index (χ0) is 17.9. The van der Waals surface area contributed by atoms with E-state index in [0.29, 0.717) is 19.5 Å². The predicted octanol–water partition coefficient (Wildman–Crippen LogP) is 1.07. The van der Waals surface area contributed by atoms with Gasteiger partial charge in [0.1, 0.15) is 0 Å². The van der Waals surface area contributed by atoms with E-state index in [9.17, 15) is 9.90 Å². The number of para-hydroxylation sites is 1. The molecule has 3 rings (SSSR count). The lowest BCUT2D eigenvalue weighted by Gasteiger charge is -2.39. The van der Waals surface area contributed by atoms with Crippen molar-refractivity contribution in [2.75, 3.05) is 27.2 Å². The molecule has 0 aliphatic carbocycles. The number of rotatable bonds is 5. The monoisotopic (exact) mass is 343 g/mol. The van der Waals surface area contributed by atoms with Crippen LogP contribution in [0.1, 0.15) is 25.0 Å². The highest BCUT2D eigenvalue weighted by Gasteiger charge is 2.35. The Morgan fingerprint density at radius 2 is 2.08 bits per heavy atom. The van der Waals surface area contributed by atoms with E-state index in [1.165, 1.54) is 4.90 Å². The Balaban J connectivity index is 1.63. The Bertz CT molecular complexity index is 715. The molecule has 7 heteroatoms. The van der Waals surface area contributed by atoms with Gasteiger partial charge in [0.05, 0.1) is 29.6 Å². The van der Waals surface area contributed by atoms with Gasteiger partial charge in [-0.2, -0.15) is 15.0 Å². The fraction of sp³-hybridized carbons (Fsp3) is 0.500. The number of nitrogens with zero attached hydrogens (tertiary/aromatic N) is 5. The molecule has 1 aliphatic heterocycles. The summed E-state index contributed by atoms with van der Waals surface area (Å²) >= 11 is 0. The maximum absolute atomic E-state index is 12.0. The second kappa shape index (κ2) is 7.33. The van der Waals surface area contributed by atoms with Gasteiger partial charge in [-0.15, -0.1) is 0 Å². The minimum Gasteiger partial charge on any atom is -0.388 e. The molecule has 1 fully saturated rings. The van der Waals surface area contributed by atoms with Crippen LogP contribution < -0.4 is 0 Å². The number of carbonyl (C=O) groups excluding carboxylic acids is 1. The van der Waals surface area contributed by atoms with Crippen LogP contribution in [0.4, 0.5) is 0 Å². The molecular formula is C18H25N5O2. The average molecular weight is 343 g/mol. The zero-order valence-electron chi connectivity index (χ0n) is 14.8. The molecular weight excluding hydrogens is 318 g/mol. The summed E-state index contributed by atoms with van der Waals surface area (Å²) in [5, 5.41) is 19.6. The molecule has 0 saturated carbocycles. The fourth-order valence-electron chi connectivity index (χ4n) is 3.21. The molecule has 134 valence electrons. The molecule has 1 aliphatic rings. The minimum absolute atomic E-state index is 0.0422. The van der Waals surface area contributed by atoms with Crippen molar-refractivity contribution in [2.24, 2.45) is 0 Å². The second-order valence-electron chi connectivity index (χ2n) is 6.96. The van der Waals surface area contributed by atoms with E-state index in [2.05, 4.69) is 15.1 Å². The summed E-state index contributed by atoms with van der Waals surface area (Å²) in [6.45, 7) is 1.98. The van der Waals surface area contributed by atoms with Crippen molar-refractivity contribution in [3.8, 4) is 5.69 Å². The van der Waals surface area contributed by atoms with Gasteiger partial charge in [-0.05, 0) is 31.5 Å². The molecule has 0 spiro atoms. The number of piperidine rings is 1. The minimum atomic E-state index is -0.963. The van der Waals surface area contributed by atoms with Crippen molar-refractivity contribution in [3.05, 3.63) is 42.2 Å². The number of β-amino-alcohol motifs (C(OH)–C–C–N with tert-alkyl or cyclic N) is 1. The standard InChI is InChI=1S/C18H25N5O2/c1-21(2)17(24)11-18(25)9-6-10-22(14-18)13-15-12-19-23(20-15)16-7-4-3-5-8-16/h3-5,7-8,12,25H,6,9-11,13-14H2,1-2H3. The van der Waals surface area contributed by atoms with Gasteiger partial charge in [-0.3, -0.25) is 9.69 Å². The molecule has 1 amide bonds. The van der Waals surface area contributed by atoms with E-state index in [0.717, 1.165) is 24.3 Å². The van der Waals surface area contributed by atoms with Crippen LogP contribution in [0.3, 0.4) is 0 Å². The molecule has 1 N–H and O–H groups in total. The largest absolute Gasteiger partial charge is 0.388 e. The Morgan fingerprint density at radius 1 is 1.32 bits per heavy atom. The fourth-order valence-corrected chi connectivity index (χ4v) is 3.21. The van der Waals surface area contributed by atoms with Gasteiger partial charge in [0.25, 0.3) is 0 Å². The lowest BCUT2D eigenvalue weighted by Crippen LogP contribution is -2.50. The van der Waals surface area contributed by atoms with Gasteiger partial charge in [-0.25, -0.2) is 0 Å². The van der Waals surface area contributed by atoms with Crippen molar-refractivity contribution in [1.82, 2.24) is 24.8 Å². The van der Waals surface area contributed by atoms with E-state index in [1.54, 1.807) is 25.1 Å². The first-order chi connectivity index (χ1) is 12.0. The van der Waals surface area contributed by atoms with Crippen molar-refractivity contribution in [3.63, 3.8) is 0 Å². The number of aromatic nitrogens is 3. The molecule has 2 aromatic rings.